The van der Waals surface area contributed by atoms with Gasteiger partial charge in [0.25, 0.3) is 5.56 Å². The molecule has 14 heavy (non-hydrogen) atoms. The summed E-state index contributed by atoms with van der Waals surface area (Å²) in [7, 11) is 0. The molecule has 0 aliphatic heterocycles. The lowest BCUT2D eigenvalue weighted by molar-refractivity contribution is 0.444. The Bertz CT molecular complexity index is 412. The van der Waals surface area contributed by atoms with Crippen molar-refractivity contribution in [3.05, 3.63) is 32.6 Å². The number of nitrogens with one attached hydrogen (secondary N) is 2. The minimum absolute atomic E-state index is 0.388. The molecule has 1 saturated carbocycles. The van der Waals surface area contributed by atoms with E-state index in [2.05, 4.69) is 9.97 Å². The second-order valence-electron chi connectivity index (χ2n) is 3.86. The lowest BCUT2D eigenvalue weighted by Gasteiger charge is -2.22. The minimum atomic E-state index is -0.507. The monoisotopic (exact) mass is 195 g/mol. The standard InChI is InChI=1S/C9H13N3O2/c10-9(3-1-2-4-9)6-5-7(13)12-8(14)11-6/h5H,1-4,10H2,(H2,11,12,13,14). The summed E-state index contributed by atoms with van der Waals surface area (Å²) in [6.07, 6.45) is 3.75. The Morgan fingerprint density at radius 3 is 2.43 bits per heavy atom. The van der Waals surface area contributed by atoms with Crippen LogP contribution in [-0.4, -0.2) is 9.97 Å². The third kappa shape index (κ3) is 1.50. The van der Waals surface area contributed by atoms with Crippen molar-refractivity contribution in [2.75, 3.05) is 0 Å². The first-order valence-corrected chi connectivity index (χ1v) is 4.73. The van der Waals surface area contributed by atoms with Gasteiger partial charge in [-0.1, -0.05) is 12.8 Å². The average molecular weight is 195 g/mol. The number of aromatic amines is 2. The Morgan fingerprint density at radius 2 is 1.86 bits per heavy atom. The lowest BCUT2D eigenvalue weighted by atomic mass is 9.95. The van der Waals surface area contributed by atoms with Crippen LogP contribution >= 0.6 is 0 Å². The number of H-pyrrole nitrogens is 2. The van der Waals surface area contributed by atoms with Gasteiger partial charge in [0.2, 0.25) is 0 Å². The van der Waals surface area contributed by atoms with Crippen molar-refractivity contribution in [1.29, 1.82) is 0 Å². The molecule has 0 saturated heterocycles. The van der Waals surface area contributed by atoms with E-state index in [1.54, 1.807) is 0 Å². The maximum atomic E-state index is 11.1. The zero-order chi connectivity index (χ0) is 10.2. The van der Waals surface area contributed by atoms with E-state index < -0.39 is 11.2 Å². The van der Waals surface area contributed by atoms with Crippen LogP contribution in [0.25, 0.3) is 0 Å². The van der Waals surface area contributed by atoms with Crippen LogP contribution in [0.2, 0.25) is 0 Å². The van der Waals surface area contributed by atoms with Crippen LogP contribution in [0.3, 0.4) is 0 Å². The van der Waals surface area contributed by atoms with E-state index in [0.29, 0.717) is 5.69 Å². The Balaban J connectivity index is 2.50. The fourth-order valence-corrected chi connectivity index (χ4v) is 2.01. The molecule has 0 amide bonds. The van der Waals surface area contributed by atoms with E-state index in [4.69, 9.17) is 5.73 Å². The molecule has 1 fully saturated rings. The highest BCUT2D eigenvalue weighted by Gasteiger charge is 2.32. The van der Waals surface area contributed by atoms with Gasteiger partial charge in [-0.25, -0.2) is 4.79 Å². The molecular weight excluding hydrogens is 182 g/mol. The Hall–Kier alpha value is -1.36. The second kappa shape index (κ2) is 3.09. The molecule has 76 valence electrons. The summed E-state index contributed by atoms with van der Waals surface area (Å²) >= 11 is 0. The Labute approximate surface area is 80.4 Å². The van der Waals surface area contributed by atoms with E-state index >= 15 is 0 Å². The molecule has 2 rings (SSSR count). The molecule has 4 N–H and O–H groups in total. The molecule has 0 aromatic carbocycles. The maximum Gasteiger partial charge on any atom is 0.325 e. The summed E-state index contributed by atoms with van der Waals surface area (Å²) in [6, 6.07) is 1.38. The van der Waals surface area contributed by atoms with Crippen molar-refractivity contribution < 1.29 is 0 Å². The van der Waals surface area contributed by atoms with Gasteiger partial charge in [0.05, 0.1) is 5.54 Å². The predicted octanol–water partition coefficient (Wildman–Crippen LogP) is -0.209. The molecule has 0 radical (unpaired) electrons. The molecule has 1 aliphatic rings. The highest BCUT2D eigenvalue weighted by molar-refractivity contribution is 5.14. The Kier molecular flexibility index (Phi) is 2.03. The third-order valence-corrected chi connectivity index (χ3v) is 2.79. The quantitative estimate of drug-likeness (QED) is 0.579. The highest BCUT2D eigenvalue weighted by Crippen LogP contribution is 2.34. The van der Waals surface area contributed by atoms with Crippen molar-refractivity contribution in [3.8, 4) is 0 Å². The van der Waals surface area contributed by atoms with Gasteiger partial charge in [0.15, 0.2) is 0 Å². The summed E-state index contributed by atoms with van der Waals surface area (Å²) in [6.45, 7) is 0. The minimum Gasteiger partial charge on any atom is -0.320 e. The van der Waals surface area contributed by atoms with Crippen LogP contribution in [0, 0.1) is 0 Å². The first kappa shape index (κ1) is 9.21. The van der Waals surface area contributed by atoms with Crippen molar-refractivity contribution in [1.82, 2.24) is 9.97 Å². The highest BCUT2D eigenvalue weighted by atomic mass is 16.2. The van der Waals surface area contributed by atoms with Gasteiger partial charge in [-0.15, -0.1) is 0 Å². The molecular formula is C9H13N3O2. The normalized spacial score (nSPS) is 19.8. The molecule has 1 aromatic heterocycles. The molecule has 5 nitrogen and oxygen atoms in total. The largest absolute Gasteiger partial charge is 0.325 e. The molecule has 1 aliphatic carbocycles. The molecule has 0 unspecified atom stereocenters. The maximum absolute atomic E-state index is 11.1. The fraction of sp³-hybridized carbons (Fsp3) is 0.556. The molecule has 0 bridgehead atoms. The predicted molar refractivity (Wildman–Crippen MR) is 52.0 cm³/mol. The zero-order valence-corrected chi connectivity index (χ0v) is 7.80. The molecule has 1 aromatic rings. The van der Waals surface area contributed by atoms with Crippen LogP contribution in [0.1, 0.15) is 31.4 Å². The topological polar surface area (TPSA) is 91.7 Å². The molecule has 0 spiro atoms. The number of hydrogen-bond donors (Lipinski definition) is 3. The van der Waals surface area contributed by atoms with Gasteiger partial charge in [-0.05, 0) is 12.8 Å². The van der Waals surface area contributed by atoms with E-state index in [1.165, 1.54) is 6.07 Å². The van der Waals surface area contributed by atoms with Gasteiger partial charge in [0, 0.05) is 11.8 Å². The van der Waals surface area contributed by atoms with Gasteiger partial charge < -0.3 is 10.7 Å². The van der Waals surface area contributed by atoms with Crippen molar-refractivity contribution >= 4 is 0 Å². The summed E-state index contributed by atoms with van der Waals surface area (Å²) in [4.78, 5) is 26.8. The van der Waals surface area contributed by atoms with Crippen LogP contribution in [0.5, 0.6) is 0 Å². The van der Waals surface area contributed by atoms with Gasteiger partial charge in [0.1, 0.15) is 0 Å². The molecule has 5 heteroatoms. The van der Waals surface area contributed by atoms with Crippen molar-refractivity contribution in [2.24, 2.45) is 5.73 Å². The van der Waals surface area contributed by atoms with E-state index in [1.807, 2.05) is 0 Å². The number of aromatic nitrogens is 2. The van der Waals surface area contributed by atoms with Gasteiger partial charge in [-0.3, -0.25) is 9.78 Å². The number of hydrogen-bond acceptors (Lipinski definition) is 3. The SMILES string of the molecule is NC1(c2cc(=O)[nH]c(=O)[nH]2)CCCC1. The summed E-state index contributed by atoms with van der Waals surface area (Å²) in [5.41, 5.74) is 5.28. The zero-order valence-electron chi connectivity index (χ0n) is 7.80. The molecule has 1 heterocycles. The fourth-order valence-electron chi connectivity index (χ4n) is 2.01. The van der Waals surface area contributed by atoms with Gasteiger partial charge >= 0.3 is 5.69 Å². The first-order valence-electron chi connectivity index (χ1n) is 4.73. The van der Waals surface area contributed by atoms with Crippen LogP contribution in [-0.2, 0) is 5.54 Å². The van der Waals surface area contributed by atoms with Crippen LogP contribution in [0.4, 0.5) is 0 Å². The molecule has 0 atom stereocenters. The van der Waals surface area contributed by atoms with Crippen molar-refractivity contribution in [3.63, 3.8) is 0 Å². The first-order chi connectivity index (χ1) is 6.60. The summed E-state index contributed by atoms with van der Waals surface area (Å²) < 4.78 is 0. The summed E-state index contributed by atoms with van der Waals surface area (Å²) in [5.74, 6) is 0. The van der Waals surface area contributed by atoms with Gasteiger partial charge in [-0.2, -0.15) is 0 Å². The number of rotatable bonds is 1. The van der Waals surface area contributed by atoms with E-state index in [0.717, 1.165) is 25.7 Å². The third-order valence-electron chi connectivity index (χ3n) is 2.79. The number of nitrogens with two attached hydrogens (primary N) is 1. The lowest BCUT2D eigenvalue weighted by Crippen LogP contribution is -2.38. The van der Waals surface area contributed by atoms with Crippen LogP contribution < -0.4 is 17.0 Å². The average Bonchev–Trinajstić information content (AvgIpc) is 2.52. The van der Waals surface area contributed by atoms with E-state index in [-0.39, 0.29) is 5.56 Å². The van der Waals surface area contributed by atoms with Crippen molar-refractivity contribution in [2.45, 2.75) is 31.2 Å². The smallest absolute Gasteiger partial charge is 0.320 e. The summed E-state index contributed by atoms with van der Waals surface area (Å²) in [5, 5.41) is 0. The Morgan fingerprint density at radius 1 is 1.21 bits per heavy atom. The van der Waals surface area contributed by atoms with E-state index in [9.17, 15) is 9.59 Å². The second-order valence-corrected chi connectivity index (χ2v) is 3.86. The van der Waals surface area contributed by atoms with Crippen LogP contribution in [0.15, 0.2) is 15.7 Å².